The van der Waals surface area contributed by atoms with Crippen molar-refractivity contribution in [2.24, 2.45) is 0 Å². The van der Waals surface area contributed by atoms with Crippen LogP contribution in [0, 0.1) is 6.92 Å². The van der Waals surface area contributed by atoms with Crippen LogP contribution in [0.5, 0.6) is 0 Å². The van der Waals surface area contributed by atoms with Crippen molar-refractivity contribution in [2.45, 2.75) is 247 Å². The van der Waals surface area contributed by atoms with E-state index in [1.165, 1.54) is 62.9 Å². The molecular formula is C105H141BrN34O8S. The van der Waals surface area contributed by atoms with Gasteiger partial charge in [0.1, 0.15) is 33.9 Å². The number of anilines is 12. The number of morpholine rings is 4. The van der Waals surface area contributed by atoms with Crippen molar-refractivity contribution in [1.29, 1.82) is 0 Å². The van der Waals surface area contributed by atoms with E-state index in [0.29, 0.717) is 102 Å². The molecule has 42 nitrogen and oxygen atoms in total. The van der Waals surface area contributed by atoms with Gasteiger partial charge in [0.15, 0.2) is 23.2 Å². The molecule has 20 heterocycles. The van der Waals surface area contributed by atoms with Gasteiger partial charge in [0.2, 0.25) is 23.8 Å². The van der Waals surface area contributed by atoms with Crippen LogP contribution in [-0.4, -0.2) is 328 Å². The van der Waals surface area contributed by atoms with E-state index < -0.39 is 0 Å². The molecule has 0 radical (unpaired) electrons. The summed E-state index contributed by atoms with van der Waals surface area (Å²) in [4.78, 5) is 52.6. The molecule has 5 aliphatic carbocycles. The van der Waals surface area contributed by atoms with Crippen LogP contribution in [0.25, 0.3) is 61.0 Å². The Labute approximate surface area is 879 Å². The Hall–Kier alpha value is -11.4. The largest absolute Gasteiger partial charge is 0.381 e. The maximum Gasteiger partial charge on any atom is 0.231 e. The summed E-state index contributed by atoms with van der Waals surface area (Å²) in [6.45, 7) is 22.7. The number of benzene rings is 1. The van der Waals surface area contributed by atoms with Gasteiger partial charge in [-0.2, -0.15) is 74.8 Å². The number of fused-ring (bicyclic) bond motifs is 4. The minimum absolute atomic E-state index is 0.0774. The maximum atomic E-state index is 6.03. The van der Waals surface area contributed by atoms with Crippen LogP contribution in [0.15, 0.2) is 109 Å². The van der Waals surface area contributed by atoms with E-state index in [0.717, 1.165) is 378 Å². The second-order valence-electron chi connectivity index (χ2n) is 41.5. The average Bonchev–Trinajstić information content (AvgIpc) is 1.63. The maximum absolute atomic E-state index is 6.03. The SMILES string of the molecule is Brc1c[nH]c2nc(Nc3cnn(C4CCOCC4)c3)nc(NC3CCC(N4CCOCC4)CC3)c12.C1=CC(c2[nH]nc3nc(Nc4cnn(C5CCOCC5)c4)nc(NC4CCC(N5CCOCC5)CC4)c23)=CC1.Cc1cc(Nc2nc(NC3CCC(N4CCOCC4)CC3)c3cnn(C4CCCCO4)c3n2)sn1.c1ccc(-c2[nH]nc3nc(Nc4cnn(C5CCOCC5)c4)nc(NC4CCC(N5CCOCC5)CC4)c23)cc1. The fraction of sp³-hybridized carbons (Fsp3) is 0.590. The normalized spacial score (nSPS) is 24.6. The van der Waals surface area contributed by atoms with E-state index in [1.807, 2.05) is 99.5 Å². The van der Waals surface area contributed by atoms with Crippen molar-refractivity contribution in [3.05, 3.63) is 120 Å². The van der Waals surface area contributed by atoms with Gasteiger partial charge >= 0.3 is 0 Å². The zero-order valence-electron chi connectivity index (χ0n) is 85.2. The highest BCUT2D eigenvalue weighted by Gasteiger charge is 2.36. The standard InChI is InChI=1S/C29H37N9O2.C28H37N9O2.C24H33BrN8O2.C24H34N8O2S/c1-2-4-20(5-3-1)26-25-27(31-21-6-8-23(9-7-21)37-12-16-40-17-13-37)33-29(34-28(25)36-35-26)32-22-18-30-38(19-22)24-10-14-39-15-11-24;1-2-4-19(3-1)25-24-26(30-20-5-7-22(8-6-20)36-11-15-39-16-12-36)32-28(33-27(24)35-34-25)31-21-17-29-37(18-21)23-9-13-38-14-10-23;25-20-14-26-22-21(20)23(28-16-1-3-18(4-2-16)32-7-11-35-12-8-32)31-24(30-22)29-17-13-27-33(15-17)19-5-9-34-10-6-19;1-16-14-20(35-30-16)27-24-28-22(19-15-25-32(23(19)29-24)21-4-2-3-11-34-21)26-17-5-7-18(8-6-17)31-9-12-33-13-10-31/h1-5,18-19,21,23-24H,6-17H2,(H3,31,32,33,34,35,36);1,3-4,17-18,20,22-23H,2,5-16H2,(H3,30,31,32,33,34,35);13-16,18-19H,1-12H2,(H3,26,28,29,30,31);14-15,17-18,21H,2-13H2,1H3,(H2,26,27,28,29). The Morgan fingerprint density at radius 3 is 1.24 bits per heavy atom. The lowest BCUT2D eigenvalue weighted by Gasteiger charge is -2.39. The Bertz CT molecular complexity index is 6560. The zero-order valence-corrected chi connectivity index (χ0v) is 87.6. The summed E-state index contributed by atoms with van der Waals surface area (Å²) < 4.78 is 58.1. The van der Waals surface area contributed by atoms with E-state index in [-0.39, 0.29) is 6.23 Å². The van der Waals surface area contributed by atoms with Gasteiger partial charge in [-0.1, -0.05) is 48.6 Å². The molecule has 13 aliphatic rings. The molecule has 12 aromatic heterocycles. The monoisotopic (exact) mass is 2120 g/mol. The van der Waals surface area contributed by atoms with Gasteiger partial charge < -0.3 is 85.4 Å². The molecule has 1 atom stereocenters. The van der Waals surface area contributed by atoms with Gasteiger partial charge in [0, 0.05) is 182 Å². The van der Waals surface area contributed by atoms with E-state index in [4.69, 9.17) is 82.9 Å². The van der Waals surface area contributed by atoms with E-state index in [1.54, 1.807) is 0 Å². The summed E-state index contributed by atoms with van der Waals surface area (Å²) in [5, 5.41) is 67.4. The van der Waals surface area contributed by atoms with Gasteiger partial charge in [-0.05, 0) is 213 Å². The first kappa shape index (κ1) is 101. The number of allylic oxidation sites excluding steroid dienone is 4. The molecule has 4 saturated carbocycles. The van der Waals surface area contributed by atoms with Crippen LogP contribution in [0.2, 0.25) is 0 Å². The van der Waals surface area contributed by atoms with Crippen LogP contribution >= 0.6 is 27.5 Å². The topological polar surface area (TPSA) is 443 Å². The minimum atomic E-state index is -0.0774. The Kier molecular flexibility index (Phi) is 32.8. The summed E-state index contributed by atoms with van der Waals surface area (Å²) in [5.74, 6) is 5.49. The lowest BCUT2D eigenvalue weighted by molar-refractivity contribution is -0.0370. The first-order valence-corrected chi connectivity index (χ1v) is 56.2. The molecule has 8 aliphatic heterocycles. The average molecular weight is 2120 g/mol. The number of rotatable bonds is 26. The summed E-state index contributed by atoms with van der Waals surface area (Å²) in [6.07, 6.45) is 50.4. The highest BCUT2D eigenvalue weighted by Crippen LogP contribution is 2.42. The number of nitrogens with zero attached hydrogens (tertiary/aromatic N) is 23. The molecule has 12 fully saturated rings. The van der Waals surface area contributed by atoms with Crippen molar-refractivity contribution in [2.75, 3.05) is 194 Å². The lowest BCUT2D eigenvalue weighted by Crippen LogP contribution is -2.46. The zero-order chi connectivity index (χ0) is 100.0. The second kappa shape index (κ2) is 48.5. The van der Waals surface area contributed by atoms with Crippen molar-refractivity contribution < 1.29 is 37.9 Å². The Morgan fingerprint density at radius 2 is 0.812 bits per heavy atom. The summed E-state index contributed by atoms with van der Waals surface area (Å²) in [6, 6.07) is 17.5. The van der Waals surface area contributed by atoms with E-state index in [2.05, 4.69) is 153 Å². The number of aryl methyl sites for hydroxylation is 1. The second-order valence-corrected chi connectivity index (χ2v) is 43.2. The highest BCUT2D eigenvalue weighted by atomic mass is 79.9. The highest BCUT2D eigenvalue weighted by molar-refractivity contribution is 9.10. The van der Waals surface area contributed by atoms with Gasteiger partial charge in [-0.3, -0.25) is 43.8 Å². The number of hydrogen-bond donors (Lipinski definition) is 11. The number of ether oxygens (including phenoxy) is 8. The number of H-pyrrole nitrogens is 3. The number of nitrogens with one attached hydrogen (secondary N) is 11. The number of aromatic amines is 3. The summed E-state index contributed by atoms with van der Waals surface area (Å²) in [7, 11) is 0. The van der Waals surface area contributed by atoms with Crippen molar-refractivity contribution >= 4 is 146 Å². The van der Waals surface area contributed by atoms with E-state index in [9.17, 15) is 0 Å². The number of halogens is 1. The van der Waals surface area contributed by atoms with Gasteiger partial charge in [-0.25, -0.2) is 4.68 Å². The van der Waals surface area contributed by atoms with Crippen LogP contribution in [-0.2, 0) is 37.9 Å². The van der Waals surface area contributed by atoms with Gasteiger partial charge in [-0.15, -0.1) is 0 Å². The predicted octanol–water partition coefficient (Wildman–Crippen LogP) is 16.6. The predicted molar refractivity (Wildman–Crippen MR) is 578 cm³/mol. The molecule has 0 bridgehead atoms. The third-order valence-corrected chi connectivity index (χ3v) is 33.3. The van der Waals surface area contributed by atoms with Crippen LogP contribution in [0.4, 0.5) is 69.1 Å². The van der Waals surface area contributed by atoms with Gasteiger partial charge in [0.25, 0.3) is 0 Å². The molecule has 1 aromatic carbocycles. The first-order valence-electron chi connectivity index (χ1n) is 54.6. The quantitative estimate of drug-likeness (QED) is 0.0240. The first-order chi connectivity index (χ1) is 73.5. The molecular weight excluding hydrogens is 1980 g/mol. The van der Waals surface area contributed by atoms with Gasteiger partial charge in [0.05, 0.1) is 151 Å². The molecule has 0 amide bonds. The number of hydrogen-bond acceptors (Lipinski definition) is 36. The fourth-order valence-corrected chi connectivity index (χ4v) is 24.8. The molecule has 11 N–H and O–H groups in total. The summed E-state index contributed by atoms with van der Waals surface area (Å²) >= 11 is 5.09. The third-order valence-electron chi connectivity index (χ3n) is 31.8. The number of aromatic nitrogens is 22. The molecule has 44 heteroatoms. The van der Waals surface area contributed by atoms with E-state index >= 15 is 0 Å². The Morgan fingerprint density at radius 1 is 0.396 bits per heavy atom. The molecule has 1 unspecified atom stereocenters. The molecule has 0 spiro atoms. The lowest BCUT2D eigenvalue weighted by atomic mass is 9.90. The smallest absolute Gasteiger partial charge is 0.231 e. The molecule has 26 rings (SSSR count). The van der Waals surface area contributed by atoms with Crippen LogP contribution < -0.4 is 42.5 Å². The minimum Gasteiger partial charge on any atom is -0.381 e. The molecule has 13 aromatic rings. The van der Waals surface area contributed by atoms with Crippen molar-refractivity contribution in [3.63, 3.8) is 0 Å². The third kappa shape index (κ3) is 24.9. The Balaban J connectivity index is 0.000000109. The van der Waals surface area contributed by atoms with Crippen molar-refractivity contribution in [3.8, 4) is 11.3 Å². The summed E-state index contributed by atoms with van der Waals surface area (Å²) in [5.41, 5.74) is 10.6. The van der Waals surface area contributed by atoms with Crippen molar-refractivity contribution in [1.82, 2.24) is 128 Å². The van der Waals surface area contributed by atoms with Crippen LogP contribution in [0.1, 0.15) is 203 Å². The van der Waals surface area contributed by atoms with Crippen LogP contribution in [0.3, 0.4) is 0 Å². The fourth-order valence-electron chi connectivity index (χ4n) is 23.7. The molecule has 8 saturated heterocycles. The molecule has 149 heavy (non-hydrogen) atoms. The molecule has 792 valence electrons.